The van der Waals surface area contributed by atoms with Crippen molar-refractivity contribution in [2.75, 3.05) is 13.1 Å². The smallest absolute Gasteiger partial charge is 0.251 e. The van der Waals surface area contributed by atoms with E-state index in [1.54, 1.807) is 0 Å². The number of benzene rings is 1. The van der Waals surface area contributed by atoms with Gasteiger partial charge in [0.25, 0.3) is 5.91 Å². The van der Waals surface area contributed by atoms with Crippen LogP contribution in [0, 0.1) is 18.2 Å². The molecule has 0 unspecified atom stereocenters. The van der Waals surface area contributed by atoms with Crippen LogP contribution in [0.5, 0.6) is 0 Å². The monoisotopic (exact) mass is 312 g/mol. The van der Waals surface area contributed by atoms with Gasteiger partial charge < -0.3 is 10.6 Å². The fourth-order valence-electron chi connectivity index (χ4n) is 1.11. The van der Waals surface area contributed by atoms with Gasteiger partial charge in [-0.15, -0.1) is 6.42 Å². The lowest BCUT2D eigenvalue weighted by Gasteiger charge is -2.05. The van der Waals surface area contributed by atoms with E-state index in [-0.39, 0.29) is 29.0 Å². The quantitative estimate of drug-likeness (QED) is 0.817. The van der Waals surface area contributed by atoms with Gasteiger partial charge in [-0.05, 0) is 34.1 Å². The van der Waals surface area contributed by atoms with E-state index in [0.717, 1.165) is 6.07 Å². The van der Waals surface area contributed by atoms with Crippen molar-refractivity contribution in [3.8, 4) is 12.3 Å². The van der Waals surface area contributed by atoms with E-state index in [1.165, 1.54) is 12.1 Å². The molecule has 6 heteroatoms. The summed E-state index contributed by atoms with van der Waals surface area (Å²) in [5.41, 5.74) is 0.257. The highest BCUT2D eigenvalue weighted by Gasteiger charge is 2.09. The van der Waals surface area contributed by atoms with Crippen molar-refractivity contribution in [3.63, 3.8) is 0 Å². The summed E-state index contributed by atoms with van der Waals surface area (Å²) in [6.45, 7) is -0.0771. The van der Waals surface area contributed by atoms with E-state index in [9.17, 15) is 14.0 Å². The van der Waals surface area contributed by atoms with Crippen LogP contribution in [0.2, 0.25) is 0 Å². The van der Waals surface area contributed by atoms with Crippen LogP contribution < -0.4 is 10.6 Å². The van der Waals surface area contributed by atoms with Gasteiger partial charge in [-0.25, -0.2) is 4.39 Å². The van der Waals surface area contributed by atoms with Crippen LogP contribution in [0.4, 0.5) is 4.39 Å². The molecule has 0 saturated carbocycles. The number of carbonyl (C=O) groups is 2. The third-order valence-corrected chi connectivity index (χ3v) is 2.59. The van der Waals surface area contributed by atoms with Crippen molar-refractivity contribution in [2.45, 2.75) is 0 Å². The molecular formula is C12H10BrFN2O2. The first kappa shape index (κ1) is 14.2. The molecule has 0 saturated heterocycles. The Morgan fingerprint density at radius 2 is 2.11 bits per heavy atom. The second-order valence-corrected chi connectivity index (χ2v) is 4.15. The average Bonchev–Trinajstić information content (AvgIpc) is 2.36. The Kier molecular flexibility index (Phi) is 5.33. The summed E-state index contributed by atoms with van der Waals surface area (Å²) in [6, 6.07) is 3.83. The number of carbonyl (C=O) groups excluding carboxylic acids is 2. The summed E-state index contributed by atoms with van der Waals surface area (Å²) in [4.78, 5) is 22.8. The Hall–Kier alpha value is -1.87. The maximum Gasteiger partial charge on any atom is 0.251 e. The predicted molar refractivity (Wildman–Crippen MR) is 68.3 cm³/mol. The minimum absolute atomic E-state index is 0.108. The molecule has 0 bridgehead atoms. The lowest BCUT2D eigenvalue weighted by Crippen LogP contribution is -2.37. The molecule has 0 radical (unpaired) electrons. The maximum absolute atomic E-state index is 13.0. The molecule has 0 fully saturated rings. The molecule has 0 aliphatic heterocycles. The second-order valence-electron chi connectivity index (χ2n) is 3.29. The minimum atomic E-state index is -0.466. The molecule has 1 aromatic carbocycles. The SMILES string of the molecule is C#CCNC(=O)CNC(=O)c1ccc(F)c(Br)c1. The van der Waals surface area contributed by atoms with Crippen molar-refractivity contribution in [1.29, 1.82) is 0 Å². The van der Waals surface area contributed by atoms with Crippen LogP contribution in [0.25, 0.3) is 0 Å². The summed E-state index contributed by atoms with van der Waals surface area (Å²) in [5, 5.41) is 4.79. The lowest BCUT2D eigenvalue weighted by molar-refractivity contribution is -0.119. The predicted octanol–water partition coefficient (Wildman–Crippen LogP) is 1.07. The summed E-state index contributed by atoms with van der Waals surface area (Å²) < 4.78 is 13.1. The van der Waals surface area contributed by atoms with Crippen molar-refractivity contribution in [3.05, 3.63) is 34.1 Å². The van der Waals surface area contributed by atoms with Crippen LogP contribution in [0.15, 0.2) is 22.7 Å². The van der Waals surface area contributed by atoms with E-state index < -0.39 is 11.7 Å². The highest BCUT2D eigenvalue weighted by atomic mass is 79.9. The highest BCUT2D eigenvalue weighted by molar-refractivity contribution is 9.10. The molecule has 2 N–H and O–H groups in total. The number of hydrogen-bond donors (Lipinski definition) is 2. The maximum atomic E-state index is 13.0. The molecule has 0 aliphatic carbocycles. The fraction of sp³-hybridized carbons (Fsp3) is 0.167. The van der Waals surface area contributed by atoms with Gasteiger partial charge in [-0.2, -0.15) is 0 Å². The second kappa shape index (κ2) is 6.77. The first-order valence-electron chi connectivity index (χ1n) is 4.98. The van der Waals surface area contributed by atoms with E-state index in [0.29, 0.717) is 0 Å². The number of nitrogens with one attached hydrogen (secondary N) is 2. The Morgan fingerprint density at radius 3 is 2.72 bits per heavy atom. The minimum Gasteiger partial charge on any atom is -0.344 e. The molecule has 0 atom stereocenters. The molecule has 0 spiro atoms. The molecule has 18 heavy (non-hydrogen) atoms. The third-order valence-electron chi connectivity index (χ3n) is 1.98. The molecule has 0 aliphatic rings. The van der Waals surface area contributed by atoms with Crippen molar-refractivity contribution in [2.24, 2.45) is 0 Å². The largest absolute Gasteiger partial charge is 0.344 e. The van der Waals surface area contributed by atoms with Crippen molar-refractivity contribution >= 4 is 27.7 Å². The van der Waals surface area contributed by atoms with Crippen molar-refractivity contribution < 1.29 is 14.0 Å². The Morgan fingerprint density at radius 1 is 1.39 bits per heavy atom. The molecule has 0 aromatic heterocycles. The summed E-state index contributed by atoms with van der Waals surface area (Å²) in [6.07, 6.45) is 4.96. The average molecular weight is 313 g/mol. The Labute approximate surface area is 112 Å². The molecule has 94 valence electrons. The number of amides is 2. The topological polar surface area (TPSA) is 58.2 Å². The highest BCUT2D eigenvalue weighted by Crippen LogP contribution is 2.16. The fourth-order valence-corrected chi connectivity index (χ4v) is 1.49. The lowest BCUT2D eigenvalue weighted by atomic mass is 10.2. The zero-order valence-corrected chi connectivity index (χ0v) is 10.9. The standard InChI is InChI=1S/C12H10BrFN2O2/c1-2-5-15-11(17)7-16-12(18)8-3-4-10(14)9(13)6-8/h1,3-4,6H,5,7H2,(H,15,17)(H,16,18). The Bertz CT molecular complexity index is 511. The van der Waals surface area contributed by atoms with E-state index >= 15 is 0 Å². The van der Waals surface area contributed by atoms with Crippen LogP contribution in [-0.2, 0) is 4.79 Å². The van der Waals surface area contributed by atoms with Crippen LogP contribution in [0.3, 0.4) is 0 Å². The van der Waals surface area contributed by atoms with Crippen molar-refractivity contribution in [1.82, 2.24) is 10.6 Å². The van der Waals surface area contributed by atoms with E-state index in [1.807, 2.05) is 0 Å². The zero-order valence-electron chi connectivity index (χ0n) is 9.30. The summed E-state index contributed by atoms with van der Waals surface area (Å²) in [7, 11) is 0. The Balaban J connectivity index is 2.53. The normalized spacial score (nSPS) is 9.39. The van der Waals surface area contributed by atoms with Gasteiger partial charge in [-0.1, -0.05) is 5.92 Å². The molecule has 0 heterocycles. The van der Waals surface area contributed by atoms with Gasteiger partial charge >= 0.3 is 0 Å². The van der Waals surface area contributed by atoms with Gasteiger partial charge in [0, 0.05) is 5.56 Å². The summed E-state index contributed by atoms with van der Waals surface area (Å²) in [5.74, 6) is 0.926. The molecule has 1 aromatic rings. The van der Waals surface area contributed by atoms with Gasteiger partial charge in [0.15, 0.2) is 0 Å². The summed E-state index contributed by atoms with van der Waals surface area (Å²) >= 11 is 2.97. The molecular weight excluding hydrogens is 303 g/mol. The number of rotatable bonds is 4. The van der Waals surface area contributed by atoms with Gasteiger partial charge in [0.1, 0.15) is 5.82 Å². The molecule has 1 rings (SSSR count). The van der Waals surface area contributed by atoms with Crippen LogP contribution in [0.1, 0.15) is 10.4 Å². The number of halogens is 2. The first-order valence-corrected chi connectivity index (χ1v) is 5.77. The van der Waals surface area contributed by atoms with Gasteiger partial charge in [-0.3, -0.25) is 9.59 Å². The van der Waals surface area contributed by atoms with Crippen LogP contribution >= 0.6 is 15.9 Å². The van der Waals surface area contributed by atoms with E-state index in [4.69, 9.17) is 6.42 Å². The van der Waals surface area contributed by atoms with Gasteiger partial charge in [0.2, 0.25) is 5.91 Å². The third kappa shape index (κ3) is 4.18. The molecule has 4 nitrogen and oxygen atoms in total. The zero-order chi connectivity index (χ0) is 13.5. The van der Waals surface area contributed by atoms with E-state index in [2.05, 4.69) is 32.5 Å². The first-order chi connectivity index (χ1) is 8.54. The molecule has 2 amide bonds. The number of terminal acetylenes is 1. The van der Waals surface area contributed by atoms with Gasteiger partial charge in [0.05, 0.1) is 17.6 Å². The van der Waals surface area contributed by atoms with Crippen LogP contribution in [-0.4, -0.2) is 24.9 Å². The number of hydrogen-bond acceptors (Lipinski definition) is 2.